The van der Waals surface area contributed by atoms with E-state index in [0.717, 1.165) is 66.5 Å². The summed E-state index contributed by atoms with van der Waals surface area (Å²) in [7, 11) is 0. The molecule has 3 heterocycles. The largest absolute Gasteiger partial charge is 0.454 e. The SMILES string of the molecule is c1ccc(-c2nc(-c3ccccc3)nc(-c3cccc4oc5c(-n6c7ccccc7c7c8ccccc8ccc76)ccc(-c6ccccc6)c5c34)n2)cc1. The van der Waals surface area contributed by atoms with Crippen LogP contribution in [-0.2, 0) is 0 Å². The third kappa shape index (κ3) is 4.69. The smallest absolute Gasteiger partial charge is 0.164 e. The van der Waals surface area contributed by atoms with E-state index in [0.29, 0.717) is 17.5 Å². The zero-order valence-electron chi connectivity index (χ0n) is 29.0. The Hall–Kier alpha value is -7.37. The van der Waals surface area contributed by atoms with Crippen LogP contribution in [0.1, 0.15) is 0 Å². The van der Waals surface area contributed by atoms with Crippen molar-refractivity contribution in [3.05, 3.63) is 182 Å². The second-order valence-electron chi connectivity index (χ2n) is 13.6. The Labute approximate surface area is 310 Å². The zero-order chi connectivity index (χ0) is 35.6. The number of furan rings is 1. The topological polar surface area (TPSA) is 56.7 Å². The standard InChI is InChI=1S/C49H30N4O/c1-4-15-31(16-5-1)36-28-30-41(53-39-25-13-12-23-37(39)43-35-22-11-10-17-32(35)27-29-40(43)53)46-45(36)44-38(24-14-26-42(44)54-46)49-51-47(33-18-6-2-7-19-33)50-48(52-49)34-20-8-3-9-21-34/h1-30H. The molecule has 0 N–H and O–H groups in total. The van der Waals surface area contributed by atoms with E-state index in [1.165, 1.54) is 21.5 Å². The van der Waals surface area contributed by atoms with Gasteiger partial charge in [0, 0.05) is 38.2 Å². The van der Waals surface area contributed by atoms with E-state index in [-0.39, 0.29) is 0 Å². The first kappa shape index (κ1) is 30.3. The van der Waals surface area contributed by atoms with Gasteiger partial charge in [0.15, 0.2) is 23.1 Å². The maximum Gasteiger partial charge on any atom is 0.164 e. The zero-order valence-corrected chi connectivity index (χ0v) is 29.0. The molecule has 0 aliphatic carbocycles. The second kappa shape index (κ2) is 12.1. The van der Waals surface area contributed by atoms with E-state index in [1.54, 1.807) is 0 Å². The molecule has 0 unspecified atom stereocenters. The Morgan fingerprint density at radius 2 is 0.981 bits per heavy atom. The Bertz CT molecular complexity index is 3140. The van der Waals surface area contributed by atoms with Gasteiger partial charge in [-0.25, -0.2) is 15.0 Å². The molecule has 0 fully saturated rings. The second-order valence-corrected chi connectivity index (χ2v) is 13.6. The lowest BCUT2D eigenvalue weighted by Crippen LogP contribution is -2.00. The van der Waals surface area contributed by atoms with E-state index in [9.17, 15) is 0 Å². The van der Waals surface area contributed by atoms with Gasteiger partial charge in [0.2, 0.25) is 0 Å². The molecule has 5 nitrogen and oxygen atoms in total. The molecule has 0 bridgehead atoms. The summed E-state index contributed by atoms with van der Waals surface area (Å²) in [5.41, 5.74) is 9.69. The number of aromatic nitrogens is 4. The highest BCUT2D eigenvalue weighted by molar-refractivity contribution is 6.23. The van der Waals surface area contributed by atoms with E-state index in [4.69, 9.17) is 19.4 Å². The van der Waals surface area contributed by atoms with E-state index in [1.807, 2.05) is 72.8 Å². The average Bonchev–Trinajstić information content (AvgIpc) is 3.81. The van der Waals surface area contributed by atoms with E-state index >= 15 is 0 Å². The van der Waals surface area contributed by atoms with Crippen LogP contribution in [0.4, 0.5) is 0 Å². The first-order chi connectivity index (χ1) is 26.8. The van der Waals surface area contributed by atoms with Crippen molar-refractivity contribution in [3.8, 4) is 51.0 Å². The quantitative estimate of drug-likeness (QED) is 0.180. The van der Waals surface area contributed by atoms with Crippen molar-refractivity contribution < 1.29 is 4.42 Å². The Morgan fingerprint density at radius 3 is 1.70 bits per heavy atom. The molecule has 0 saturated carbocycles. The molecule has 0 aliphatic heterocycles. The lowest BCUT2D eigenvalue weighted by Gasteiger charge is -2.13. The average molecular weight is 691 g/mol. The molecule has 0 atom stereocenters. The minimum Gasteiger partial charge on any atom is -0.454 e. The lowest BCUT2D eigenvalue weighted by molar-refractivity contribution is 0.666. The third-order valence-electron chi connectivity index (χ3n) is 10.5. The highest BCUT2D eigenvalue weighted by Crippen LogP contribution is 2.45. The lowest BCUT2D eigenvalue weighted by atomic mass is 9.96. The Balaban J connectivity index is 1.25. The normalized spacial score (nSPS) is 11.7. The molecule has 11 aromatic rings. The number of rotatable bonds is 5. The fourth-order valence-corrected chi connectivity index (χ4v) is 8.06. The van der Waals surface area contributed by atoms with Crippen LogP contribution in [0.3, 0.4) is 0 Å². The molecule has 11 rings (SSSR count). The maximum atomic E-state index is 7.05. The molecule has 54 heavy (non-hydrogen) atoms. The maximum absolute atomic E-state index is 7.05. The Kier molecular flexibility index (Phi) is 6.79. The van der Waals surface area contributed by atoms with Crippen LogP contribution in [0.15, 0.2) is 186 Å². The number of fused-ring (bicyclic) bond motifs is 8. The summed E-state index contributed by atoms with van der Waals surface area (Å²) in [6.45, 7) is 0. The molecule has 0 amide bonds. The fraction of sp³-hybridized carbons (Fsp3) is 0. The summed E-state index contributed by atoms with van der Waals surface area (Å²) in [5.74, 6) is 1.82. The summed E-state index contributed by atoms with van der Waals surface area (Å²) in [5, 5.41) is 6.85. The van der Waals surface area contributed by atoms with Gasteiger partial charge in [-0.1, -0.05) is 158 Å². The summed E-state index contributed by atoms with van der Waals surface area (Å²) < 4.78 is 9.42. The number of para-hydroxylation sites is 1. The molecule has 0 saturated heterocycles. The minimum absolute atomic E-state index is 0.587. The molecule has 252 valence electrons. The van der Waals surface area contributed by atoms with Gasteiger partial charge in [-0.15, -0.1) is 0 Å². The molecule has 0 radical (unpaired) electrons. The van der Waals surface area contributed by atoms with Crippen molar-refractivity contribution in [2.45, 2.75) is 0 Å². The van der Waals surface area contributed by atoms with Crippen LogP contribution in [0.5, 0.6) is 0 Å². The van der Waals surface area contributed by atoms with Crippen molar-refractivity contribution in [1.82, 2.24) is 19.5 Å². The van der Waals surface area contributed by atoms with Crippen molar-refractivity contribution in [2.24, 2.45) is 0 Å². The monoisotopic (exact) mass is 690 g/mol. The van der Waals surface area contributed by atoms with Crippen molar-refractivity contribution in [1.29, 1.82) is 0 Å². The van der Waals surface area contributed by atoms with Gasteiger partial charge in [-0.3, -0.25) is 0 Å². The van der Waals surface area contributed by atoms with Crippen molar-refractivity contribution >= 4 is 54.5 Å². The van der Waals surface area contributed by atoms with Gasteiger partial charge < -0.3 is 8.98 Å². The van der Waals surface area contributed by atoms with Crippen LogP contribution in [0.2, 0.25) is 0 Å². The number of nitrogens with zero attached hydrogens (tertiary/aromatic N) is 4. The van der Waals surface area contributed by atoms with E-state index < -0.39 is 0 Å². The van der Waals surface area contributed by atoms with Gasteiger partial charge >= 0.3 is 0 Å². The van der Waals surface area contributed by atoms with Crippen LogP contribution in [0, 0.1) is 0 Å². The molecule has 0 spiro atoms. The fourth-order valence-electron chi connectivity index (χ4n) is 8.06. The molecular formula is C49H30N4O. The number of hydrogen-bond donors (Lipinski definition) is 0. The predicted octanol–water partition coefficient (Wildman–Crippen LogP) is 12.7. The first-order valence-electron chi connectivity index (χ1n) is 18.1. The summed E-state index contributed by atoms with van der Waals surface area (Å²) >= 11 is 0. The van der Waals surface area contributed by atoms with Crippen LogP contribution >= 0.6 is 0 Å². The molecular weight excluding hydrogens is 661 g/mol. The number of hydrogen-bond acceptors (Lipinski definition) is 4. The molecule has 0 aliphatic rings. The molecule has 5 heteroatoms. The van der Waals surface area contributed by atoms with Crippen LogP contribution in [-0.4, -0.2) is 19.5 Å². The van der Waals surface area contributed by atoms with Gasteiger partial charge in [-0.2, -0.15) is 0 Å². The highest BCUT2D eigenvalue weighted by atomic mass is 16.3. The summed E-state index contributed by atoms with van der Waals surface area (Å²) in [4.78, 5) is 15.3. The first-order valence-corrected chi connectivity index (χ1v) is 18.1. The third-order valence-corrected chi connectivity index (χ3v) is 10.5. The van der Waals surface area contributed by atoms with Crippen LogP contribution in [0.25, 0.3) is 105 Å². The van der Waals surface area contributed by atoms with Crippen molar-refractivity contribution in [2.75, 3.05) is 0 Å². The highest BCUT2D eigenvalue weighted by Gasteiger charge is 2.24. The van der Waals surface area contributed by atoms with Gasteiger partial charge in [-0.05, 0) is 46.2 Å². The predicted molar refractivity (Wildman–Crippen MR) is 221 cm³/mol. The summed E-state index contributed by atoms with van der Waals surface area (Å²) in [6, 6.07) is 63.1. The minimum atomic E-state index is 0.587. The van der Waals surface area contributed by atoms with Gasteiger partial charge in [0.05, 0.1) is 16.7 Å². The van der Waals surface area contributed by atoms with Crippen molar-refractivity contribution in [3.63, 3.8) is 0 Å². The van der Waals surface area contributed by atoms with E-state index in [2.05, 4.69) is 114 Å². The summed E-state index contributed by atoms with van der Waals surface area (Å²) in [6.07, 6.45) is 0. The molecule has 3 aromatic heterocycles. The van der Waals surface area contributed by atoms with Gasteiger partial charge in [0.1, 0.15) is 5.58 Å². The molecule has 8 aromatic carbocycles. The Morgan fingerprint density at radius 1 is 0.370 bits per heavy atom. The number of benzene rings is 8. The van der Waals surface area contributed by atoms with Crippen LogP contribution < -0.4 is 0 Å². The van der Waals surface area contributed by atoms with Gasteiger partial charge in [0.25, 0.3) is 0 Å².